The van der Waals surface area contributed by atoms with E-state index in [-0.39, 0.29) is 48.1 Å². The van der Waals surface area contributed by atoms with Gasteiger partial charge in [0.2, 0.25) is 5.91 Å². The Bertz CT molecular complexity index is 845. The Kier molecular flexibility index (Phi) is 5.95. The van der Waals surface area contributed by atoms with E-state index in [0.29, 0.717) is 9.99 Å². The predicted molar refractivity (Wildman–Crippen MR) is 82.6 cm³/mol. The van der Waals surface area contributed by atoms with Crippen LogP contribution >= 0.6 is 0 Å². The number of nitrogens with two attached hydrogens (primary N) is 1. The molecule has 26 heavy (non-hydrogen) atoms. The zero-order valence-corrected chi connectivity index (χ0v) is 16.5. The number of nitrogens with zero attached hydrogens (tertiary/aromatic N) is 2. The van der Waals surface area contributed by atoms with Crippen LogP contribution in [-0.2, 0) is 15.1 Å². The van der Waals surface area contributed by atoms with E-state index in [4.69, 9.17) is 5.73 Å². The number of β-lactam (4-membered cyclic amide) rings is 1. The molecule has 0 spiro atoms. The minimum absolute atomic E-state index is 0. The SMILES string of the molecule is NC(=O)c1ccc(NC(=O)NN2CCC3[C@H]2C(=O)N3S(=O)(=O)[O-])cc1.[Na+]. The number of fused-ring (bicyclic) bond motifs is 1. The Hall–Kier alpha value is -1.70. The van der Waals surface area contributed by atoms with Crippen molar-refractivity contribution in [1.29, 1.82) is 0 Å². The monoisotopic (exact) mass is 391 g/mol. The first-order valence-corrected chi connectivity index (χ1v) is 8.58. The van der Waals surface area contributed by atoms with Crippen LogP contribution in [0.5, 0.6) is 0 Å². The maximum Gasteiger partial charge on any atom is 1.00 e. The molecular formula is C13H14N5NaO6S. The van der Waals surface area contributed by atoms with Crippen LogP contribution in [0.3, 0.4) is 0 Å². The summed E-state index contributed by atoms with van der Waals surface area (Å²) in [5.74, 6) is -1.45. The molecule has 11 nitrogen and oxygen atoms in total. The zero-order valence-electron chi connectivity index (χ0n) is 13.7. The Balaban J connectivity index is 0.00000243. The Morgan fingerprint density at radius 1 is 1.23 bits per heavy atom. The third kappa shape index (κ3) is 3.84. The maximum absolute atomic E-state index is 12.0. The number of carbonyl (C=O) groups excluding carboxylic acids is 3. The van der Waals surface area contributed by atoms with Crippen LogP contribution in [0, 0.1) is 0 Å². The standard InChI is InChI=1S/C13H15N5O6S.Na/c14-11(19)7-1-3-8(4-2-7)15-13(21)16-17-6-5-9-10(17)12(20)18(9)25(22,23)24;/h1-4,9-10H,5-6H2,(H2,14,19)(H2,15,16,21)(H,22,23,24);/q;+1/p-1/t9?,10-;/m0./s1. The van der Waals surface area contributed by atoms with Gasteiger partial charge in [0.05, 0.1) is 6.04 Å². The first kappa shape index (κ1) is 20.6. The molecule has 13 heteroatoms. The van der Waals surface area contributed by atoms with Gasteiger partial charge in [0.1, 0.15) is 6.04 Å². The number of amides is 4. The van der Waals surface area contributed by atoms with Gasteiger partial charge >= 0.3 is 35.6 Å². The molecule has 2 heterocycles. The molecule has 0 aliphatic carbocycles. The summed E-state index contributed by atoms with van der Waals surface area (Å²) in [6.07, 6.45) is 0.255. The number of hydrazine groups is 1. The number of carbonyl (C=O) groups is 3. The fraction of sp³-hybridized carbons (Fsp3) is 0.308. The van der Waals surface area contributed by atoms with Gasteiger partial charge in [-0.1, -0.05) is 0 Å². The molecule has 1 aromatic carbocycles. The van der Waals surface area contributed by atoms with Gasteiger partial charge in [0, 0.05) is 17.8 Å². The summed E-state index contributed by atoms with van der Waals surface area (Å²) in [5, 5.41) is 3.80. The molecule has 0 aromatic heterocycles. The van der Waals surface area contributed by atoms with E-state index in [1.807, 2.05) is 0 Å². The minimum atomic E-state index is -4.84. The fourth-order valence-corrected chi connectivity index (χ4v) is 3.82. The summed E-state index contributed by atoms with van der Waals surface area (Å²) in [5.41, 5.74) is 8.24. The van der Waals surface area contributed by atoms with Crippen LogP contribution in [-0.4, -0.2) is 58.8 Å². The molecule has 2 fully saturated rings. The summed E-state index contributed by atoms with van der Waals surface area (Å²) in [7, 11) is -4.84. The van der Waals surface area contributed by atoms with Crippen LogP contribution in [0.1, 0.15) is 16.8 Å². The molecule has 4 N–H and O–H groups in total. The molecule has 1 unspecified atom stereocenters. The van der Waals surface area contributed by atoms with Gasteiger partial charge in [-0.2, -0.15) is 0 Å². The van der Waals surface area contributed by atoms with Crippen molar-refractivity contribution in [2.45, 2.75) is 18.5 Å². The van der Waals surface area contributed by atoms with E-state index < -0.39 is 40.2 Å². The molecule has 2 aliphatic rings. The maximum atomic E-state index is 12.0. The molecule has 2 atom stereocenters. The normalized spacial score (nSPS) is 22.0. The summed E-state index contributed by atoms with van der Waals surface area (Å²) in [6.45, 7) is 0.223. The summed E-state index contributed by atoms with van der Waals surface area (Å²) >= 11 is 0. The molecule has 0 radical (unpaired) electrons. The van der Waals surface area contributed by atoms with Crippen molar-refractivity contribution < 1.29 is 56.9 Å². The molecule has 134 valence electrons. The van der Waals surface area contributed by atoms with Crippen LogP contribution in [0.25, 0.3) is 0 Å². The summed E-state index contributed by atoms with van der Waals surface area (Å²) in [4.78, 5) is 34.8. The minimum Gasteiger partial charge on any atom is -0.731 e. The smallest absolute Gasteiger partial charge is 0.731 e. The number of hydrogen-bond acceptors (Lipinski definition) is 7. The van der Waals surface area contributed by atoms with E-state index in [0.717, 1.165) is 0 Å². The topological polar surface area (TPSA) is 165 Å². The number of hydrogen-bond donors (Lipinski definition) is 3. The first-order chi connectivity index (χ1) is 11.7. The number of rotatable bonds is 4. The molecule has 4 amide bonds. The molecule has 0 saturated carbocycles. The molecule has 3 rings (SSSR count). The van der Waals surface area contributed by atoms with Gasteiger partial charge in [0.25, 0.3) is 5.91 Å². The third-order valence-corrected chi connectivity index (χ3v) is 4.98. The molecule has 1 aromatic rings. The van der Waals surface area contributed by atoms with Gasteiger partial charge in [-0.05, 0) is 30.7 Å². The number of anilines is 1. The molecule has 0 bridgehead atoms. The Morgan fingerprint density at radius 3 is 2.38 bits per heavy atom. The second-order valence-electron chi connectivity index (χ2n) is 5.59. The second kappa shape index (κ2) is 7.50. The molecule has 2 saturated heterocycles. The Morgan fingerprint density at radius 2 is 1.85 bits per heavy atom. The fourth-order valence-electron chi connectivity index (χ4n) is 2.94. The zero-order chi connectivity index (χ0) is 18.4. The quantitative estimate of drug-likeness (QED) is 0.265. The van der Waals surface area contributed by atoms with Gasteiger partial charge < -0.3 is 15.6 Å². The first-order valence-electron chi connectivity index (χ1n) is 7.22. The van der Waals surface area contributed by atoms with Crippen LogP contribution in [0.15, 0.2) is 24.3 Å². The van der Waals surface area contributed by atoms with E-state index in [2.05, 4.69) is 10.7 Å². The van der Waals surface area contributed by atoms with Gasteiger partial charge in [-0.15, -0.1) is 0 Å². The summed E-state index contributed by atoms with van der Waals surface area (Å²) < 4.78 is 33.3. The van der Waals surface area contributed by atoms with E-state index >= 15 is 0 Å². The molecule has 2 aliphatic heterocycles. The average Bonchev–Trinajstić information content (AvgIpc) is 2.83. The largest absolute Gasteiger partial charge is 1.00 e. The van der Waals surface area contributed by atoms with Gasteiger partial charge in [-0.3, -0.25) is 15.0 Å². The third-order valence-electron chi connectivity index (χ3n) is 4.05. The van der Waals surface area contributed by atoms with Crippen molar-refractivity contribution in [2.75, 3.05) is 11.9 Å². The number of nitrogens with one attached hydrogen (secondary N) is 2. The molecular weight excluding hydrogens is 377 g/mol. The van der Waals surface area contributed by atoms with Crippen molar-refractivity contribution in [2.24, 2.45) is 5.73 Å². The van der Waals surface area contributed by atoms with Crippen molar-refractivity contribution in [3.63, 3.8) is 0 Å². The van der Waals surface area contributed by atoms with Crippen molar-refractivity contribution in [1.82, 2.24) is 14.7 Å². The van der Waals surface area contributed by atoms with Crippen LogP contribution < -0.4 is 46.0 Å². The van der Waals surface area contributed by atoms with Crippen LogP contribution in [0.2, 0.25) is 0 Å². The second-order valence-corrected chi connectivity index (χ2v) is 6.84. The number of urea groups is 1. The number of benzene rings is 1. The van der Waals surface area contributed by atoms with Crippen molar-refractivity contribution in [3.8, 4) is 0 Å². The van der Waals surface area contributed by atoms with Gasteiger partial charge in [-0.25, -0.2) is 22.5 Å². The van der Waals surface area contributed by atoms with Gasteiger partial charge in [0.15, 0.2) is 10.3 Å². The van der Waals surface area contributed by atoms with E-state index in [1.54, 1.807) is 0 Å². The Labute approximate surface area is 171 Å². The number of primary amides is 1. The van der Waals surface area contributed by atoms with E-state index in [9.17, 15) is 27.4 Å². The van der Waals surface area contributed by atoms with Crippen molar-refractivity contribution in [3.05, 3.63) is 29.8 Å². The average molecular weight is 391 g/mol. The van der Waals surface area contributed by atoms with Crippen molar-refractivity contribution >= 4 is 33.8 Å². The predicted octanol–water partition coefficient (Wildman–Crippen LogP) is -4.43. The summed E-state index contributed by atoms with van der Waals surface area (Å²) in [6, 6.07) is 3.56. The van der Waals surface area contributed by atoms with E-state index in [1.165, 1.54) is 29.3 Å². The van der Waals surface area contributed by atoms with Crippen LogP contribution in [0.4, 0.5) is 10.5 Å².